The molecule has 0 spiro atoms. The predicted molar refractivity (Wildman–Crippen MR) is 107 cm³/mol. The lowest BCUT2D eigenvalue weighted by Gasteiger charge is -2.18. The minimum atomic E-state index is -0.288. The van der Waals surface area contributed by atoms with Crippen molar-refractivity contribution in [2.75, 3.05) is 26.0 Å². The summed E-state index contributed by atoms with van der Waals surface area (Å²) in [6.07, 6.45) is 3.90. The topological polar surface area (TPSA) is 109 Å². The summed E-state index contributed by atoms with van der Waals surface area (Å²) in [6, 6.07) is 5.37. The van der Waals surface area contributed by atoms with Gasteiger partial charge >= 0.3 is 6.09 Å². The molecule has 0 aliphatic heterocycles. The van der Waals surface area contributed by atoms with Crippen LogP contribution in [0.3, 0.4) is 0 Å². The van der Waals surface area contributed by atoms with E-state index in [1.807, 2.05) is 13.0 Å². The molecular formula is C20H27N5O4. The third-order valence-corrected chi connectivity index (χ3v) is 5.11. The number of rotatable bonds is 7. The second-order valence-corrected chi connectivity index (χ2v) is 7.17. The number of carbonyl (C=O) groups is 2. The van der Waals surface area contributed by atoms with Crippen LogP contribution in [0.2, 0.25) is 0 Å². The molecule has 0 aromatic carbocycles. The average Bonchev–Trinajstić information content (AvgIpc) is 3.37. The molecule has 29 heavy (non-hydrogen) atoms. The predicted octanol–water partition coefficient (Wildman–Crippen LogP) is 2.72. The van der Waals surface area contributed by atoms with Gasteiger partial charge in [-0.3, -0.25) is 9.89 Å². The molecule has 1 aliphatic rings. The lowest BCUT2D eigenvalue weighted by Crippen LogP contribution is -2.30. The summed E-state index contributed by atoms with van der Waals surface area (Å²) in [5.41, 5.74) is 1.73. The third-order valence-electron chi connectivity index (χ3n) is 5.11. The number of nitrogens with zero attached hydrogens (tertiary/aromatic N) is 3. The van der Waals surface area contributed by atoms with E-state index < -0.39 is 0 Å². The molecule has 9 nitrogen and oxygen atoms in total. The van der Waals surface area contributed by atoms with Crippen LogP contribution in [0.4, 0.5) is 10.6 Å². The number of carbonyl (C=O) groups excluding carboxylic acids is 2. The van der Waals surface area contributed by atoms with Crippen LogP contribution in [0.25, 0.3) is 0 Å². The summed E-state index contributed by atoms with van der Waals surface area (Å²) in [4.78, 5) is 29.8. The first-order valence-corrected chi connectivity index (χ1v) is 9.74. The lowest BCUT2D eigenvalue weighted by atomic mass is 10.0. The highest BCUT2D eigenvalue weighted by atomic mass is 16.6. The van der Waals surface area contributed by atoms with Crippen molar-refractivity contribution in [2.24, 2.45) is 0 Å². The van der Waals surface area contributed by atoms with Crippen molar-refractivity contribution >= 4 is 17.8 Å². The van der Waals surface area contributed by atoms with Gasteiger partial charge in [0.25, 0.3) is 0 Å². The largest absolute Gasteiger partial charge is 0.481 e. The molecule has 0 radical (unpaired) electrons. The standard InChI is InChI=1S/C20H27N5O4/c1-4-25(2)20(27)29-15-7-6-14(10-15)16-11-17(24-23-16)22-18(26)9-13-5-8-19(28-3)21-12-13/h5,8,11-12,14-15H,4,6-7,9-10H2,1-3H3,(H2,22,23,24,26)/t14-,15+/m1/s1. The summed E-state index contributed by atoms with van der Waals surface area (Å²) < 4.78 is 10.5. The molecule has 3 rings (SSSR count). The first-order valence-electron chi connectivity index (χ1n) is 9.74. The normalized spacial score (nSPS) is 18.3. The van der Waals surface area contributed by atoms with E-state index >= 15 is 0 Å². The van der Waals surface area contributed by atoms with Crippen LogP contribution in [0.5, 0.6) is 5.88 Å². The Kier molecular flexibility index (Phi) is 6.69. The molecule has 9 heteroatoms. The molecule has 0 bridgehead atoms. The Morgan fingerprint density at radius 3 is 2.86 bits per heavy atom. The molecule has 156 valence electrons. The van der Waals surface area contributed by atoms with Gasteiger partial charge in [0.1, 0.15) is 6.10 Å². The minimum absolute atomic E-state index is 0.0922. The highest BCUT2D eigenvalue weighted by Gasteiger charge is 2.30. The molecule has 2 amide bonds. The van der Waals surface area contributed by atoms with Crippen molar-refractivity contribution in [2.45, 2.75) is 44.6 Å². The molecule has 1 saturated carbocycles. The van der Waals surface area contributed by atoms with Gasteiger partial charge in [-0.05, 0) is 31.7 Å². The van der Waals surface area contributed by atoms with E-state index in [0.29, 0.717) is 18.2 Å². The zero-order chi connectivity index (χ0) is 20.8. The molecule has 2 N–H and O–H groups in total. The number of anilines is 1. The van der Waals surface area contributed by atoms with Gasteiger partial charge in [-0.25, -0.2) is 9.78 Å². The summed E-state index contributed by atoms with van der Waals surface area (Å²) in [7, 11) is 3.27. The van der Waals surface area contributed by atoms with Gasteiger partial charge in [0.2, 0.25) is 11.8 Å². The molecule has 2 atom stereocenters. The van der Waals surface area contributed by atoms with Crippen molar-refractivity contribution in [3.63, 3.8) is 0 Å². The van der Waals surface area contributed by atoms with Crippen LogP contribution in [-0.4, -0.2) is 58.9 Å². The Bertz CT molecular complexity index is 836. The monoisotopic (exact) mass is 401 g/mol. The number of hydrogen-bond acceptors (Lipinski definition) is 6. The number of nitrogens with one attached hydrogen (secondary N) is 2. The van der Waals surface area contributed by atoms with Crippen LogP contribution in [-0.2, 0) is 16.0 Å². The van der Waals surface area contributed by atoms with Crippen LogP contribution in [0, 0.1) is 0 Å². The SMILES string of the molecule is CCN(C)C(=O)O[C@H]1CC[C@@H](c2cc(NC(=O)Cc3ccc(OC)nc3)n[nH]2)C1. The molecule has 2 heterocycles. The number of methoxy groups -OCH3 is 1. The van der Waals surface area contributed by atoms with Crippen molar-refractivity contribution in [1.82, 2.24) is 20.1 Å². The van der Waals surface area contributed by atoms with Gasteiger partial charge in [-0.15, -0.1) is 0 Å². The van der Waals surface area contributed by atoms with Gasteiger partial charge in [0.15, 0.2) is 5.82 Å². The Morgan fingerprint density at radius 2 is 2.17 bits per heavy atom. The number of aromatic amines is 1. The van der Waals surface area contributed by atoms with Crippen LogP contribution in [0.1, 0.15) is 43.4 Å². The number of H-pyrrole nitrogens is 1. The molecular weight excluding hydrogens is 374 g/mol. The van der Waals surface area contributed by atoms with Gasteiger partial charge in [0, 0.05) is 43.5 Å². The lowest BCUT2D eigenvalue weighted by molar-refractivity contribution is -0.115. The van der Waals surface area contributed by atoms with E-state index in [0.717, 1.165) is 30.5 Å². The maximum atomic E-state index is 12.2. The maximum Gasteiger partial charge on any atom is 0.409 e. The van der Waals surface area contributed by atoms with E-state index in [1.165, 1.54) is 0 Å². The van der Waals surface area contributed by atoms with Crippen LogP contribution >= 0.6 is 0 Å². The first kappa shape index (κ1) is 20.6. The van der Waals surface area contributed by atoms with Gasteiger partial charge in [-0.1, -0.05) is 6.07 Å². The molecule has 0 unspecified atom stereocenters. The van der Waals surface area contributed by atoms with Gasteiger partial charge in [0.05, 0.1) is 13.5 Å². The fraction of sp³-hybridized carbons (Fsp3) is 0.500. The fourth-order valence-corrected chi connectivity index (χ4v) is 3.31. The Balaban J connectivity index is 1.50. The zero-order valence-corrected chi connectivity index (χ0v) is 17.0. The maximum absolute atomic E-state index is 12.2. The van der Waals surface area contributed by atoms with Crippen molar-refractivity contribution in [3.05, 3.63) is 35.7 Å². The summed E-state index contributed by atoms with van der Waals surface area (Å²) >= 11 is 0. The summed E-state index contributed by atoms with van der Waals surface area (Å²) in [5, 5.41) is 9.98. The van der Waals surface area contributed by atoms with E-state index in [4.69, 9.17) is 9.47 Å². The third kappa shape index (κ3) is 5.46. The smallest absolute Gasteiger partial charge is 0.409 e. The molecule has 2 aromatic rings. The van der Waals surface area contributed by atoms with Crippen molar-refractivity contribution in [3.8, 4) is 5.88 Å². The van der Waals surface area contributed by atoms with E-state index in [2.05, 4.69) is 20.5 Å². The molecule has 2 aromatic heterocycles. The molecule has 1 aliphatic carbocycles. The number of amides is 2. The molecule has 1 fully saturated rings. The van der Waals surface area contributed by atoms with E-state index in [9.17, 15) is 9.59 Å². The van der Waals surface area contributed by atoms with Crippen LogP contribution in [0.15, 0.2) is 24.4 Å². The number of hydrogen-bond donors (Lipinski definition) is 2. The fourth-order valence-electron chi connectivity index (χ4n) is 3.31. The first-order chi connectivity index (χ1) is 14.0. The van der Waals surface area contributed by atoms with E-state index in [-0.39, 0.29) is 30.4 Å². The number of ether oxygens (including phenoxy) is 2. The van der Waals surface area contributed by atoms with Crippen LogP contribution < -0.4 is 10.1 Å². The highest BCUT2D eigenvalue weighted by Crippen LogP contribution is 2.36. The summed E-state index contributed by atoms with van der Waals surface area (Å²) in [5.74, 6) is 1.05. The van der Waals surface area contributed by atoms with E-state index in [1.54, 1.807) is 37.4 Å². The van der Waals surface area contributed by atoms with Gasteiger partial charge < -0.3 is 19.7 Å². The van der Waals surface area contributed by atoms with Gasteiger partial charge in [-0.2, -0.15) is 5.10 Å². The average molecular weight is 401 g/mol. The second kappa shape index (κ2) is 9.40. The van der Waals surface area contributed by atoms with Crippen molar-refractivity contribution < 1.29 is 19.1 Å². The Morgan fingerprint density at radius 1 is 1.34 bits per heavy atom. The minimum Gasteiger partial charge on any atom is -0.481 e. The van der Waals surface area contributed by atoms with Crippen molar-refractivity contribution in [1.29, 1.82) is 0 Å². The Labute approximate surface area is 169 Å². The quantitative estimate of drug-likeness (QED) is 0.738. The second-order valence-electron chi connectivity index (χ2n) is 7.17. The number of aromatic nitrogens is 3. The summed E-state index contributed by atoms with van der Waals surface area (Å²) in [6.45, 7) is 2.52. The number of pyridine rings is 1. The molecule has 0 saturated heterocycles. The Hall–Kier alpha value is -3.10. The zero-order valence-electron chi connectivity index (χ0n) is 17.0. The highest BCUT2D eigenvalue weighted by molar-refractivity contribution is 5.91.